The van der Waals surface area contributed by atoms with Gasteiger partial charge in [-0.05, 0) is 42.2 Å². The van der Waals surface area contributed by atoms with E-state index in [1.165, 1.54) is 37.8 Å². The molecule has 2 aromatic carbocycles. The largest absolute Gasteiger partial charge is 0.494 e. The SMILES string of the molecule is CCCCCCCCOc1ccc(C2C=CC(C(=O)O)(c3ccccc3C(=O)C(C)CCCCCC)C=C2F)cc1. The Morgan fingerprint density at radius 2 is 1.54 bits per heavy atom. The maximum Gasteiger partial charge on any atom is 0.322 e. The van der Waals surface area contributed by atoms with Gasteiger partial charge < -0.3 is 9.84 Å². The van der Waals surface area contributed by atoms with Gasteiger partial charge in [-0.3, -0.25) is 9.59 Å². The minimum atomic E-state index is -1.76. The van der Waals surface area contributed by atoms with Crippen LogP contribution in [0.1, 0.15) is 119 Å². The summed E-state index contributed by atoms with van der Waals surface area (Å²) >= 11 is 0. The number of ether oxygens (including phenoxy) is 1. The van der Waals surface area contributed by atoms with Crippen LogP contribution in [0.15, 0.2) is 72.6 Å². The van der Waals surface area contributed by atoms with Crippen molar-refractivity contribution in [2.24, 2.45) is 5.92 Å². The summed E-state index contributed by atoms with van der Waals surface area (Å²) < 4.78 is 21.6. The van der Waals surface area contributed by atoms with E-state index in [1.807, 2.05) is 31.2 Å². The third-order valence-corrected chi connectivity index (χ3v) is 8.15. The molecule has 0 heterocycles. The normalized spacial score (nSPS) is 19.0. The van der Waals surface area contributed by atoms with Crippen LogP contribution in [0.25, 0.3) is 0 Å². The monoisotopic (exact) mass is 562 g/mol. The van der Waals surface area contributed by atoms with E-state index in [2.05, 4.69) is 13.8 Å². The van der Waals surface area contributed by atoms with Gasteiger partial charge in [0.05, 0.1) is 12.5 Å². The fourth-order valence-corrected chi connectivity index (χ4v) is 5.56. The van der Waals surface area contributed by atoms with Crippen molar-refractivity contribution in [1.29, 1.82) is 0 Å². The molecule has 0 spiro atoms. The molecule has 1 aliphatic rings. The number of carboxylic acids is 1. The first-order chi connectivity index (χ1) is 19.8. The maximum atomic E-state index is 15.7. The molecule has 3 atom stereocenters. The van der Waals surface area contributed by atoms with Crippen molar-refractivity contribution in [3.8, 4) is 5.75 Å². The van der Waals surface area contributed by atoms with Crippen molar-refractivity contribution in [1.82, 2.24) is 0 Å². The zero-order valence-corrected chi connectivity index (χ0v) is 25.0. The number of allylic oxidation sites excluding steroid dienone is 2. The van der Waals surface area contributed by atoms with Gasteiger partial charge in [-0.15, -0.1) is 0 Å². The summed E-state index contributed by atoms with van der Waals surface area (Å²) in [6, 6.07) is 14.1. The Balaban J connectivity index is 1.73. The molecule has 3 unspecified atom stereocenters. The predicted molar refractivity (Wildman–Crippen MR) is 164 cm³/mol. The molecule has 0 aliphatic heterocycles. The molecule has 1 N–H and O–H groups in total. The number of hydrogen-bond acceptors (Lipinski definition) is 3. The summed E-state index contributed by atoms with van der Waals surface area (Å²) in [5.41, 5.74) is -0.390. The van der Waals surface area contributed by atoms with Gasteiger partial charge in [0.15, 0.2) is 5.78 Å². The summed E-state index contributed by atoms with van der Waals surface area (Å²) in [6.45, 7) is 6.90. The topological polar surface area (TPSA) is 63.6 Å². The van der Waals surface area contributed by atoms with E-state index < -0.39 is 23.1 Å². The van der Waals surface area contributed by atoms with Crippen LogP contribution < -0.4 is 4.74 Å². The van der Waals surface area contributed by atoms with Crippen LogP contribution >= 0.6 is 0 Å². The summed E-state index contributed by atoms with van der Waals surface area (Å²) in [6.07, 6.45) is 16.5. The van der Waals surface area contributed by atoms with E-state index in [4.69, 9.17) is 4.74 Å². The number of ketones is 1. The van der Waals surface area contributed by atoms with Crippen LogP contribution in [0.3, 0.4) is 0 Å². The van der Waals surface area contributed by atoms with Gasteiger partial charge in [0.25, 0.3) is 0 Å². The Morgan fingerprint density at radius 1 is 0.902 bits per heavy atom. The smallest absolute Gasteiger partial charge is 0.322 e. The number of hydrogen-bond donors (Lipinski definition) is 1. The van der Waals surface area contributed by atoms with Gasteiger partial charge >= 0.3 is 5.97 Å². The molecule has 0 bridgehead atoms. The van der Waals surface area contributed by atoms with Crippen molar-refractivity contribution in [3.63, 3.8) is 0 Å². The first-order valence-electron chi connectivity index (χ1n) is 15.5. The van der Waals surface area contributed by atoms with Crippen LogP contribution in [-0.4, -0.2) is 23.5 Å². The van der Waals surface area contributed by atoms with Gasteiger partial charge in [-0.2, -0.15) is 0 Å². The van der Waals surface area contributed by atoms with Crippen LogP contribution in [0.2, 0.25) is 0 Å². The van der Waals surface area contributed by atoms with Crippen molar-refractivity contribution < 1.29 is 23.8 Å². The average molecular weight is 563 g/mol. The van der Waals surface area contributed by atoms with Crippen molar-refractivity contribution >= 4 is 11.8 Å². The summed E-state index contributed by atoms with van der Waals surface area (Å²) in [7, 11) is 0. The molecule has 0 aromatic heterocycles. The second-order valence-electron chi connectivity index (χ2n) is 11.4. The Bertz CT molecular complexity index is 1180. The lowest BCUT2D eigenvalue weighted by Gasteiger charge is -2.30. The number of carbonyl (C=O) groups is 2. The molecular formula is C36H47FO4. The molecule has 1 aliphatic carbocycles. The van der Waals surface area contributed by atoms with Crippen LogP contribution in [0.4, 0.5) is 4.39 Å². The van der Waals surface area contributed by atoms with E-state index in [-0.39, 0.29) is 11.7 Å². The van der Waals surface area contributed by atoms with Gasteiger partial charge in [-0.25, -0.2) is 4.39 Å². The average Bonchev–Trinajstić information content (AvgIpc) is 2.98. The molecule has 0 radical (unpaired) electrons. The van der Waals surface area contributed by atoms with Crippen LogP contribution in [-0.2, 0) is 10.2 Å². The standard InChI is InChI=1S/C36H47FO4/c1-4-6-8-10-11-15-25-41-29-21-19-28(20-22-29)30-23-24-36(35(39)40,26-33(30)37)32-18-14-13-17-31(32)34(38)27(3)16-12-9-7-5-2/h13-14,17-24,26-27,30H,4-12,15-16,25H2,1-3H3,(H,39,40). The number of benzene rings is 2. The molecule has 3 rings (SSSR count). The van der Waals surface area contributed by atoms with Crippen molar-refractivity contribution in [2.75, 3.05) is 6.61 Å². The molecule has 4 nitrogen and oxygen atoms in total. The summed E-state index contributed by atoms with van der Waals surface area (Å²) in [5, 5.41) is 10.4. The highest BCUT2D eigenvalue weighted by Crippen LogP contribution is 2.42. The zero-order chi connectivity index (χ0) is 29.7. The van der Waals surface area contributed by atoms with Gasteiger partial charge in [0.1, 0.15) is 17.0 Å². The molecule has 0 fully saturated rings. The first kappa shape index (κ1) is 32.3. The third-order valence-electron chi connectivity index (χ3n) is 8.15. The van der Waals surface area contributed by atoms with E-state index in [0.717, 1.165) is 50.7 Å². The second-order valence-corrected chi connectivity index (χ2v) is 11.4. The highest BCUT2D eigenvalue weighted by molar-refractivity contribution is 6.02. The number of carbonyl (C=O) groups excluding carboxylic acids is 1. The van der Waals surface area contributed by atoms with Gasteiger partial charge in [-0.1, -0.05) is 127 Å². The Morgan fingerprint density at radius 3 is 2.20 bits per heavy atom. The molecule has 0 saturated heterocycles. The van der Waals surface area contributed by atoms with Gasteiger partial charge in [0.2, 0.25) is 0 Å². The molecule has 2 aromatic rings. The maximum absolute atomic E-state index is 15.7. The van der Waals surface area contributed by atoms with E-state index in [0.29, 0.717) is 23.3 Å². The predicted octanol–water partition coefficient (Wildman–Crippen LogP) is 9.74. The third kappa shape index (κ3) is 8.64. The fourth-order valence-electron chi connectivity index (χ4n) is 5.56. The van der Waals surface area contributed by atoms with E-state index in [9.17, 15) is 14.7 Å². The van der Waals surface area contributed by atoms with E-state index >= 15 is 4.39 Å². The number of aliphatic carboxylic acids is 1. The van der Waals surface area contributed by atoms with Crippen molar-refractivity contribution in [2.45, 2.75) is 103 Å². The Labute approximate surface area is 245 Å². The summed E-state index contributed by atoms with van der Waals surface area (Å²) in [4.78, 5) is 26.2. The molecule has 41 heavy (non-hydrogen) atoms. The highest BCUT2D eigenvalue weighted by atomic mass is 19.1. The number of rotatable bonds is 18. The number of unbranched alkanes of at least 4 members (excludes halogenated alkanes) is 8. The highest BCUT2D eigenvalue weighted by Gasteiger charge is 2.42. The molecule has 0 saturated carbocycles. The van der Waals surface area contributed by atoms with E-state index in [1.54, 1.807) is 30.3 Å². The minimum absolute atomic E-state index is 0.0985. The lowest BCUT2D eigenvalue weighted by molar-refractivity contribution is -0.140. The Hall–Kier alpha value is -3.21. The van der Waals surface area contributed by atoms with Crippen LogP contribution in [0, 0.1) is 5.92 Å². The first-order valence-corrected chi connectivity index (χ1v) is 15.5. The zero-order valence-electron chi connectivity index (χ0n) is 25.0. The Kier molecular flexibility index (Phi) is 12.8. The molecule has 222 valence electrons. The molecular weight excluding hydrogens is 515 g/mol. The number of halogens is 1. The lowest BCUT2D eigenvalue weighted by atomic mass is 9.71. The number of Topliss-reactive ketones (excluding diaryl/α,β-unsaturated/α-hetero) is 1. The quantitative estimate of drug-likeness (QED) is 0.112. The molecule has 5 heteroatoms. The minimum Gasteiger partial charge on any atom is -0.494 e. The van der Waals surface area contributed by atoms with Gasteiger partial charge in [0, 0.05) is 11.5 Å². The lowest BCUT2D eigenvalue weighted by Crippen LogP contribution is -2.36. The van der Waals surface area contributed by atoms with Crippen LogP contribution in [0.5, 0.6) is 5.75 Å². The summed E-state index contributed by atoms with van der Waals surface area (Å²) in [5.74, 6) is -2.06. The number of carboxylic acid groups (broad SMARTS) is 1. The second kappa shape index (κ2) is 16.3. The molecule has 0 amide bonds. The fraction of sp³-hybridized carbons (Fsp3) is 0.500. The van der Waals surface area contributed by atoms with Crippen molar-refractivity contribution in [3.05, 3.63) is 89.3 Å².